The second-order valence-electron chi connectivity index (χ2n) is 4.52. The van der Waals surface area contributed by atoms with E-state index in [0.717, 1.165) is 0 Å². The predicted octanol–water partition coefficient (Wildman–Crippen LogP) is 2.77. The van der Waals surface area contributed by atoms with Crippen LogP contribution in [0.3, 0.4) is 0 Å². The predicted molar refractivity (Wildman–Crippen MR) is 64.4 cm³/mol. The van der Waals surface area contributed by atoms with Crippen molar-refractivity contribution in [3.05, 3.63) is 23.6 Å². The lowest BCUT2D eigenvalue weighted by Gasteiger charge is -2.20. The minimum atomic E-state index is -4.16. The molecular formula is C11H10ClF3N4. The van der Waals surface area contributed by atoms with E-state index in [0.29, 0.717) is 17.9 Å². The Labute approximate surface area is 111 Å². The average molecular weight is 291 g/mol. The van der Waals surface area contributed by atoms with Gasteiger partial charge in [-0.05, 0) is 6.42 Å². The van der Waals surface area contributed by atoms with Crippen LogP contribution in [0.15, 0.2) is 18.5 Å². The molecule has 0 spiro atoms. The van der Waals surface area contributed by atoms with Crippen molar-refractivity contribution in [2.24, 2.45) is 5.92 Å². The van der Waals surface area contributed by atoms with Crippen molar-refractivity contribution in [2.75, 3.05) is 18.0 Å². The highest BCUT2D eigenvalue weighted by molar-refractivity contribution is 6.29. The van der Waals surface area contributed by atoms with E-state index < -0.39 is 12.1 Å². The van der Waals surface area contributed by atoms with Gasteiger partial charge in [0, 0.05) is 31.5 Å². The van der Waals surface area contributed by atoms with Crippen molar-refractivity contribution in [3.63, 3.8) is 0 Å². The van der Waals surface area contributed by atoms with Gasteiger partial charge in [0.05, 0.1) is 11.6 Å². The SMILES string of the molecule is FC(F)(F)[C@@H]1CCN(c2cc(Cl)nn3ccnc23)C1. The molecule has 0 aromatic carbocycles. The molecule has 19 heavy (non-hydrogen) atoms. The first-order valence-electron chi connectivity index (χ1n) is 5.77. The molecule has 1 aliphatic rings. The molecule has 0 bridgehead atoms. The number of halogens is 4. The molecule has 3 heterocycles. The number of aromatic nitrogens is 3. The fourth-order valence-electron chi connectivity index (χ4n) is 2.35. The van der Waals surface area contributed by atoms with E-state index in [1.54, 1.807) is 23.4 Å². The first-order valence-corrected chi connectivity index (χ1v) is 6.14. The summed E-state index contributed by atoms with van der Waals surface area (Å²) in [7, 11) is 0. The summed E-state index contributed by atoms with van der Waals surface area (Å²) in [6.07, 6.45) is -0.908. The molecule has 0 saturated carbocycles. The molecule has 2 aromatic heterocycles. The summed E-state index contributed by atoms with van der Waals surface area (Å²) < 4.78 is 39.6. The quantitative estimate of drug-likeness (QED) is 0.810. The second kappa shape index (κ2) is 4.26. The van der Waals surface area contributed by atoms with E-state index in [-0.39, 0.29) is 18.1 Å². The Morgan fingerprint density at radius 1 is 1.37 bits per heavy atom. The highest BCUT2D eigenvalue weighted by Crippen LogP contribution is 2.36. The van der Waals surface area contributed by atoms with Crippen LogP contribution < -0.4 is 4.90 Å². The van der Waals surface area contributed by atoms with Crippen LogP contribution in [0.4, 0.5) is 18.9 Å². The number of imidazole rings is 1. The number of fused-ring (bicyclic) bond motifs is 1. The molecule has 1 fully saturated rings. The molecule has 1 atom stereocenters. The van der Waals surface area contributed by atoms with Gasteiger partial charge in [-0.1, -0.05) is 11.6 Å². The number of nitrogens with zero attached hydrogens (tertiary/aromatic N) is 4. The van der Waals surface area contributed by atoms with Crippen LogP contribution in [-0.4, -0.2) is 33.9 Å². The molecule has 102 valence electrons. The zero-order chi connectivity index (χ0) is 13.6. The van der Waals surface area contributed by atoms with E-state index in [9.17, 15) is 13.2 Å². The summed E-state index contributed by atoms with van der Waals surface area (Å²) in [4.78, 5) is 5.77. The lowest BCUT2D eigenvalue weighted by molar-refractivity contribution is -0.168. The molecule has 1 saturated heterocycles. The summed E-state index contributed by atoms with van der Waals surface area (Å²) >= 11 is 5.88. The topological polar surface area (TPSA) is 33.4 Å². The molecule has 0 radical (unpaired) electrons. The van der Waals surface area contributed by atoms with Crippen molar-refractivity contribution >= 4 is 22.9 Å². The number of alkyl halides is 3. The highest BCUT2D eigenvalue weighted by Gasteiger charge is 2.44. The van der Waals surface area contributed by atoms with Crippen LogP contribution in [0, 0.1) is 5.92 Å². The van der Waals surface area contributed by atoms with Crippen LogP contribution in [-0.2, 0) is 0 Å². The molecule has 2 aromatic rings. The molecule has 4 nitrogen and oxygen atoms in total. The minimum Gasteiger partial charge on any atom is -0.368 e. The number of rotatable bonds is 1. The minimum absolute atomic E-state index is 0.0631. The Hall–Kier alpha value is -1.50. The summed E-state index contributed by atoms with van der Waals surface area (Å²) in [5, 5.41) is 4.24. The van der Waals surface area contributed by atoms with Crippen molar-refractivity contribution in [2.45, 2.75) is 12.6 Å². The third-order valence-electron chi connectivity index (χ3n) is 3.30. The molecule has 0 N–H and O–H groups in total. The van der Waals surface area contributed by atoms with Gasteiger partial charge in [0.15, 0.2) is 10.8 Å². The van der Waals surface area contributed by atoms with Crippen molar-refractivity contribution in [1.82, 2.24) is 14.6 Å². The van der Waals surface area contributed by atoms with Crippen LogP contribution in [0.25, 0.3) is 5.65 Å². The van der Waals surface area contributed by atoms with E-state index in [4.69, 9.17) is 11.6 Å². The van der Waals surface area contributed by atoms with E-state index >= 15 is 0 Å². The molecular weight excluding hydrogens is 281 g/mol. The molecule has 8 heteroatoms. The third kappa shape index (κ3) is 2.22. The van der Waals surface area contributed by atoms with Gasteiger partial charge in [0.1, 0.15) is 0 Å². The maximum Gasteiger partial charge on any atom is 0.393 e. The van der Waals surface area contributed by atoms with Gasteiger partial charge in [0.25, 0.3) is 0 Å². The molecule has 0 aliphatic carbocycles. The van der Waals surface area contributed by atoms with E-state index in [2.05, 4.69) is 10.1 Å². The lowest BCUT2D eigenvalue weighted by atomic mass is 10.1. The number of hydrogen-bond acceptors (Lipinski definition) is 3. The molecule has 0 amide bonds. The van der Waals surface area contributed by atoms with Crippen LogP contribution in [0.1, 0.15) is 6.42 Å². The first-order chi connectivity index (χ1) is 8.95. The largest absolute Gasteiger partial charge is 0.393 e. The van der Waals surface area contributed by atoms with Gasteiger partial charge in [-0.2, -0.15) is 18.3 Å². The van der Waals surface area contributed by atoms with Gasteiger partial charge in [-0.15, -0.1) is 0 Å². The Morgan fingerprint density at radius 2 is 2.16 bits per heavy atom. The zero-order valence-electron chi connectivity index (χ0n) is 9.73. The fraction of sp³-hybridized carbons (Fsp3) is 0.455. The van der Waals surface area contributed by atoms with Crippen molar-refractivity contribution in [3.8, 4) is 0 Å². The lowest BCUT2D eigenvalue weighted by Crippen LogP contribution is -2.27. The van der Waals surface area contributed by atoms with Gasteiger partial charge in [-0.25, -0.2) is 9.50 Å². The molecule has 0 unspecified atom stereocenters. The van der Waals surface area contributed by atoms with Crippen LogP contribution in [0.5, 0.6) is 0 Å². The highest BCUT2D eigenvalue weighted by atomic mass is 35.5. The molecule has 1 aliphatic heterocycles. The van der Waals surface area contributed by atoms with Crippen molar-refractivity contribution in [1.29, 1.82) is 0 Å². The van der Waals surface area contributed by atoms with Gasteiger partial charge in [0.2, 0.25) is 0 Å². The monoisotopic (exact) mass is 290 g/mol. The average Bonchev–Trinajstić information content (AvgIpc) is 2.94. The van der Waals surface area contributed by atoms with Crippen LogP contribution in [0.2, 0.25) is 5.15 Å². The second-order valence-corrected chi connectivity index (χ2v) is 4.91. The Bertz CT molecular complexity index is 609. The Balaban J connectivity index is 1.95. The number of anilines is 1. The number of hydrogen-bond donors (Lipinski definition) is 0. The Morgan fingerprint density at radius 3 is 2.84 bits per heavy atom. The van der Waals surface area contributed by atoms with Gasteiger partial charge in [-0.3, -0.25) is 0 Å². The smallest absolute Gasteiger partial charge is 0.368 e. The normalized spacial score (nSPS) is 20.4. The van der Waals surface area contributed by atoms with Crippen molar-refractivity contribution < 1.29 is 13.2 Å². The summed E-state index contributed by atoms with van der Waals surface area (Å²) in [5.74, 6) is -1.30. The maximum absolute atomic E-state index is 12.7. The summed E-state index contributed by atoms with van der Waals surface area (Å²) in [6.45, 7) is 0.277. The fourth-order valence-corrected chi connectivity index (χ4v) is 2.53. The van der Waals surface area contributed by atoms with E-state index in [1.165, 1.54) is 4.52 Å². The zero-order valence-corrected chi connectivity index (χ0v) is 10.5. The summed E-state index contributed by atoms with van der Waals surface area (Å²) in [5.41, 5.74) is 1.11. The van der Waals surface area contributed by atoms with Crippen LogP contribution >= 0.6 is 11.6 Å². The molecule has 3 rings (SSSR count). The standard InChI is InChI=1S/C11H10ClF3N4/c12-9-5-8(10-16-2-4-19(10)17-9)18-3-1-7(6-18)11(13,14)15/h2,4-5,7H,1,3,6H2/t7-/m1/s1. The Kier molecular flexibility index (Phi) is 2.81. The first kappa shape index (κ1) is 12.5. The van der Waals surface area contributed by atoms with E-state index in [1.807, 2.05) is 0 Å². The summed E-state index contributed by atoms with van der Waals surface area (Å²) in [6, 6.07) is 1.56. The van der Waals surface area contributed by atoms with Gasteiger partial charge < -0.3 is 4.90 Å². The maximum atomic E-state index is 12.7. The third-order valence-corrected chi connectivity index (χ3v) is 3.49. The van der Waals surface area contributed by atoms with Gasteiger partial charge >= 0.3 is 6.18 Å².